The largest absolute Gasteiger partial charge is 0.466 e. The molecule has 0 aromatic heterocycles. The molecule has 3 atom stereocenters. The number of alkyl carbamates (subject to hydrolysis) is 1. The van der Waals surface area contributed by atoms with Gasteiger partial charge in [-0.25, -0.2) is 4.79 Å². The average molecular weight is 516 g/mol. The fraction of sp³-hybridized carbons (Fsp3) is 0.571. The Hall–Kier alpha value is -3.54. The molecule has 0 heterocycles. The molecule has 0 saturated heterocycles. The van der Waals surface area contributed by atoms with Gasteiger partial charge in [0.15, 0.2) is 0 Å². The number of nitrogens with one attached hydrogen (secondary N) is 2. The first-order chi connectivity index (χ1) is 17.2. The number of carbonyl (C=O) groups is 4. The summed E-state index contributed by atoms with van der Waals surface area (Å²) in [5.41, 5.74) is 1.66. The van der Waals surface area contributed by atoms with Gasteiger partial charge in [-0.05, 0) is 64.2 Å². The lowest BCUT2D eigenvalue weighted by molar-refractivity contribution is -0.143. The SMILES string of the molecule is C#CN(C(=O)C(NC(=O)OC(C)(C)C)C(C)CC)C(C(=O)NCCC(=O)OCC)c1ccc(C)c(C)c1. The van der Waals surface area contributed by atoms with Crippen molar-refractivity contribution in [2.75, 3.05) is 13.2 Å². The van der Waals surface area contributed by atoms with Gasteiger partial charge < -0.3 is 20.1 Å². The Labute approximate surface area is 220 Å². The molecule has 0 fully saturated rings. The Bertz CT molecular complexity index is 1010. The van der Waals surface area contributed by atoms with Gasteiger partial charge in [0, 0.05) is 12.6 Å². The van der Waals surface area contributed by atoms with E-state index in [0.717, 1.165) is 16.0 Å². The molecule has 9 heteroatoms. The summed E-state index contributed by atoms with van der Waals surface area (Å²) in [5.74, 6) is -1.93. The minimum atomic E-state index is -1.19. The fourth-order valence-electron chi connectivity index (χ4n) is 3.50. The zero-order chi connectivity index (χ0) is 28.3. The fourth-order valence-corrected chi connectivity index (χ4v) is 3.50. The van der Waals surface area contributed by atoms with E-state index in [4.69, 9.17) is 15.9 Å². The third-order valence-corrected chi connectivity index (χ3v) is 5.81. The summed E-state index contributed by atoms with van der Waals surface area (Å²) >= 11 is 0. The zero-order valence-electron chi connectivity index (χ0n) is 23.3. The highest BCUT2D eigenvalue weighted by Gasteiger charge is 2.37. The second kappa shape index (κ2) is 14.3. The second-order valence-electron chi connectivity index (χ2n) is 9.94. The Morgan fingerprint density at radius 1 is 1.11 bits per heavy atom. The molecule has 9 nitrogen and oxygen atoms in total. The smallest absolute Gasteiger partial charge is 0.408 e. The number of benzene rings is 1. The van der Waals surface area contributed by atoms with Gasteiger partial charge in [0.25, 0.3) is 5.91 Å². The molecule has 0 aliphatic carbocycles. The third-order valence-electron chi connectivity index (χ3n) is 5.81. The van der Waals surface area contributed by atoms with Gasteiger partial charge in [0.1, 0.15) is 17.7 Å². The minimum Gasteiger partial charge on any atom is -0.466 e. The lowest BCUT2D eigenvalue weighted by Gasteiger charge is -2.32. The first-order valence-electron chi connectivity index (χ1n) is 12.5. The summed E-state index contributed by atoms with van der Waals surface area (Å²) in [6.45, 7) is 14.6. The zero-order valence-corrected chi connectivity index (χ0v) is 23.3. The number of hydrogen-bond acceptors (Lipinski definition) is 6. The van der Waals surface area contributed by atoms with Crippen LogP contribution in [0, 0.1) is 32.2 Å². The predicted octanol–water partition coefficient (Wildman–Crippen LogP) is 3.77. The highest BCUT2D eigenvalue weighted by atomic mass is 16.6. The van der Waals surface area contributed by atoms with Crippen LogP contribution in [0.4, 0.5) is 4.79 Å². The Morgan fingerprint density at radius 3 is 2.27 bits per heavy atom. The van der Waals surface area contributed by atoms with Gasteiger partial charge in [-0.15, -0.1) is 0 Å². The molecule has 3 unspecified atom stereocenters. The van der Waals surface area contributed by atoms with Gasteiger partial charge in [-0.2, -0.15) is 0 Å². The third kappa shape index (κ3) is 9.79. The average Bonchev–Trinajstić information content (AvgIpc) is 2.80. The number of nitrogens with zero attached hydrogens (tertiary/aromatic N) is 1. The van der Waals surface area contributed by atoms with Crippen LogP contribution < -0.4 is 10.6 Å². The molecule has 0 spiro atoms. The minimum absolute atomic E-state index is 0.0105. The maximum Gasteiger partial charge on any atom is 0.408 e. The summed E-state index contributed by atoms with van der Waals surface area (Å²) in [4.78, 5) is 52.4. The number of hydrogen-bond donors (Lipinski definition) is 2. The highest BCUT2D eigenvalue weighted by molar-refractivity contribution is 5.93. The van der Waals surface area contributed by atoms with E-state index in [1.807, 2.05) is 26.8 Å². The Balaban J connectivity index is 3.37. The van der Waals surface area contributed by atoms with Crippen molar-refractivity contribution < 1.29 is 28.7 Å². The standard InChI is InChI=1S/C28H41N3O6/c1-10-18(4)23(30-27(35)37-28(7,8)9)26(34)31(11-2)24(21-14-13-19(5)20(6)17-21)25(33)29-16-15-22(32)36-12-3/h2,13-14,17-18,23-24H,10,12,15-16H2,1,3-9H3,(H,29,33)(H,30,35). The predicted molar refractivity (Wildman–Crippen MR) is 141 cm³/mol. The van der Waals surface area contributed by atoms with Crippen molar-refractivity contribution in [2.24, 2.45) is 5.92 Å². The monoisotopic (exact) mass is 515 g/mol. The summed E-state index contributed by atoms with van der Waals surface area (Å²) < 4.78 is 10.3. The number of amides is 3. The van der Waals surface area contributed by atoms with Gasteiger partial charge in [0.2, 0.25) is 5.91 Å². The van der Waals surface area contributed by atoms with Crippen molar-refractivity contribution in [3.05, 3.63) is 34.9 Å². The van der Waals surface area contributed by atoms with Gasteiger partial charge in [0.05, 0.1) is 13.0 Å². The summed E-state index contributed by atoms with van der Waals surface area (Å²) in [5, 5.41) is 5.32. The van der Waals surface area contributed by atoms with Crippen LogP contribution in [0.15, 0.2) is 18.2 Å². The number of esters is 1. The lowest BCUT2D eigenvalue weighted by Crippen LogP contribution is -2.54. The molecule has 204 valence electrons. The second-order valence-corrected chi connectivity index (χ2v) is 9.94. The Morgan fingerprint density at radius 2 is 1.76 bits per heavy atom. The maximum atomic E-state index is 13.8. The van der Waals surface area contributed by atoms with Crippen LogP contribution in [0.25, 0.3) is 0 Å². The van der Waals surface area contributed by atoms with E-state index in [0.29, 0.717) is 12.0 Å². The number of carbonyl (C=O) groups excluding carboxylic acids is 4. The molecule has 0 saturated carbocycles. The molecule has 0 aliphatic heterocycles. The van der Waals surface area contributed by atoms with Gasteiger partial charge in [-0.3, -0.25) is 19.3 Å². The van der Waals surface area contributed by atoms with Crippen LogP contribution in [0.5, 0.6) is 0 Å². The molecule has 1 rings (SSSR count). The van der Waals surface area contributed by atoms with E-state index < -0.39 is 41.6 Å². The van der Waals surface area contributed by atoms with Crippen molar-refractivity contribution in [3.8, 4) is 12.5 Å². The molecule has 3 amide bonds. The van der Waals surface area contributed by atoms with E-state index in [-0.39, 0.29) is 25.5 Å². The normalized spacial score (nSPS) is 13.4. The van der Waals surface area contributed by atoms with Crippen LogP contribution in [0.1, 0.15) is 77.1 Å². The molecule has 1 aromatic rings. The van der Waals surface area contributed by atoms with E-state index in [2.05, 4.69) is 16.7 Å². The number of rotatable bonds is 11. The molecular formula is C28H41N3O6. The summed E-state index contributed by atoms with van der Waals surface area (Å²) in [7, 11) is 0. The van der Waals surface area contributed by atoms with Crippen LogP contribution in [0.2, 0.25) is 0 Å². The first-order valence-corrected chi connectivity index (χ1v) is 12.5. The Kier molecular flexibility index (Phi) is 12.1. The summed E-state index contributed by atoms with van der Waals surface area (Å²) in [6, 6.07) is 5.50. The molecule has 0 radical (unpaired) electrons. The van der Waals surface area contributed by atoms with Crippen molar-refractivity contribution in [2.45, 2.75) is 85.9 Å². The van der Waals surface area contributed by atoms with Crippen molar-refractivity contribution in [3.63, 3.8) is 0 Å². The van der Waals surface area contributed by atoms with Crippen LogP contribution in [0.3, 0.4) is 0 Å². The van der Waals surface area contributed by atoms with Crippen molar-refractivity contribution in [1.29, 1.82) is 0 Å². The maximum absolute atomic E-state index is 13.8. The van der Waals surface area contributed by atoms with Crippen LogP contribution >= 0.6 is 0 Å². The van der Waals surface area contributed by atoms with E-state index in [1.165, 1.54) is 0 Å². The van der Waals surface area contributed by atoms with E-state index in [9.17, 15) is 19.2 Å². The number of aryl methyl sites for hydroxylation is 2. The quantitative estimate of drug-likeness (QED) is 0.263. The van der Waals surface area contributed by atoms with Gasteiger partial charge >= 0.3 is 12.1 Å². The number of ether oxygens (including phenoxy) is 2. The molecular weight excluding hydrogens is 474 g/mol. The highest BCUT2D eigenvalue weighted by Crippen LogP contribution is 2.26. The molecule has 0 bridgehead atoms. The van der Waals surface area contributed by atoms with Crippen molar-refractivity contribution >= 4 is 23.9 Å². The van der Waals surface area contributed by atoms with Gasteiger partial charge in [-0.1, -0.05) is 44.9 Å². The van der Waals surface area contributed by atoms with E-state index >= 15 is 0 Å². The summed E-state index contributed by atoms with van der Waals surface area (Å²) in [6.07, 6.45) is 5.57. The lowest BCUT2D eigenvalue weighted by atomic mass is 9.95. The molecule has 2 N–H and O–H groups in total. The molecule has 1 aromatic carbocycles. The molecule has 37 heavy (non-hydrogen) atoms. The first kappa shape index (κ1) is 31.5. The van der Waals surface area contributed by atoms with Crippen molar-refractivity contribution in [1.82, 2.24) is 15.5 Å². The van der Waals surface area contributed by atoms with Crippen LogP contribution in [-0.4, -0.2) is 53.6 Å². The molecule has 0 aliphatic rings. The number of terminal acetylenes is 1. The van der Waals surface area contributed by atoms with Crippen LogP contribution in [-0.2, 0) is 23.9 Å². The topological polar surface area (TPSA) is 114 Å². The van der Waals surface area contributed by atoms with E-state index in [1.54, 1.807) is 46.8 Å².